The fourth-order valence-electron chi connectivity index (χ4n) is 2.78. The van der Waals surface area contributed by atoms with Crippen molar-refractivity contribution in [1.82, 2.24) is 9.78 Å². The second-order valence-electron chi connectivity index (χ2n) is 5.71. The Morgan fingerprint density at radius 1 is 0.966 bits per heavy atom. The molecule has 2 aromatic carbocycles. The Balaban J connectivity index is 2.28. The van der Waals surface area contributed by atoms with Crippen molar-refractivity contribution in [2.45, 2.75) is 6.61 Å². The molecule has 0 aliphatic heterocycles. The van der Waals surface area contributed by atoms with Gasteiger partial charge in [-0.05, 0) is 24.3 Å². The Kier molecular flexibility index (Phi) is 5.87. The van der Waals surface area contributed by atoms with E-state index < -0.39 is 18.6 Å². The minimum Gasteiger partial charge on any atom is -0.465 e. The number of ether oxygens (including phenoxy) is 3. The monoisotopic (exact) mass is 402 g/mol. The topological polar surface area (TPSA) is 79.7 Å². The molecule has 3 rings (SSSR count). The van der Waals surface area contributed by atoms with E-state index in [0.29, 0.717) is 5.69 Å². The molecule has 0 amide bonds. The highest BCUT2D eigenvalue weighted by Crippen LogP contribution is 2.31. The van der Waals surface area contributed by atoms with E-state index in [1.165, 1.54) is 30.0 Å². The molecule has 0 spiro atoms. The summed E-state index contributed by atoms with van der Waals surface area (Å²) < 4.78 is 40.5. The Bertz CT molecular complexity index is 1030. The molecule has 29 heavy (non-hydrogen) atoms. The molecule has 0 aliphatic carbocycles. The van der Waals surface area contributed by atoms with Crippen molar-refractivity contribution in [2.24, 2.45) is 0 Å². The van der Waals surface area contributed by atoms with Crippen molar-refractivity contribution >= 4 is 11.9 Å². The van der Waals surface area contributed by atoms with Crippen LogP contribution in [0.1, 0.15) is 20.8 Å². The van der Waals surface area contributed by atoms with E-state index in [9.17, 15) is 18.4 Å². The van der Waals surface area contributed by atoms with Crippen molar-refractivity contribution in [1.29, 1.82) is 0 Å². The first-order chi connectivity index (χ1) is 14.0. The lowest BCUT2D eigenvalue weighted by Gasteiger charge is -2.07. The lowest BCUT2D eigenvalue weighted by molar-refractivity contribution is -0.0498. The summed E-state index contributed by atoms with van der Waals surface area (Å²) in [5.41, 5.74) is 0.520. The van der Waals surface area contributed by atoms with Crippen molar-refractivity contribution in [3.8, 4) is 22.7 Å². The summed E-state index contributed by atoms with van der Waals surface area (Å²) in [6.07, 6.45) is 0. The van der Waals surface area contributed by atoms with Crippen LogP contribution in [0.15, 0.2) is 54.6 Å². The number of para-hydroxylation sites is 1. The minimum absolute atomic E-state index is 0.0563. The largest absolute Gasteiger partial charge is 0.465 e. The second kappa shape index (κ2) is 8.51. The molecule has 0 N–H and O–H groups in total. The zero-order chi connectivity index (χ0) is 21.0. The second-order valence-corrected chi connectivity index (χ2v) is 5.71. The van der Waals surface area contributed by atoms with E-state index in [1.807, 2.05) is 0 Å². The van der Waals surface area contributed by atoms with E-state index in [4.69, 9.17) is 9.47 Å². The third-order valence-electron chi connectivity index (χ3n) is 3.99. The van der Waals surface area contributed by atoms with Crippen molar-refractivity contribution < 1.29 is 32.6 Å². The Hall–Kier alpha value is -3.75. The number of nitrogens with zero attached hydrogens (tertiary/aromatic N) is 2. The smallest absolute Gasteiger partial charge is 0.387 e. The van der Waals surface area contributed by atoms with Gasteiger partial charge in [0.1, 0.15) is 17.0 Å². The lowest BCUT2D eigenvalue weighted by Crippen LogP contribution is -2.15. The van der Waals surface area contributed by atoms with Gasteiger partial charge in [-0.25, -0.2) is 14.3 Å². The number of carbonyl (C=O) groups is 2. The van der Waals surface area contributed by atoms with Crippen LogP contribution in [-0.2, 0) is 9.47 Å². The summed E-state index contributed by atoms with van der Waals surface area (Å²) in [5.74, 6) is -1.77. The van der Waals surface area contributed by atoms with Gasteiger partial charge in [-0.2, -0.15) is 13.9 Å². The highest BCUT2D eigenvalue weighted by molar-refractivity contribution is 6.06. The first kappa shape index (κ1) is 20.0. The standard InChI is InChI=1S/C20H16F2N2O5/c1-27-18(25)15-16(12-7-6-10-14(11-12)29-20(21)22)23-24(17(15)19(26)28-2)13-8-4-3-5-9-13/h3-11,20H,1-2H3. The van der Waals surface area contributed by atoms with Crippen LogP contribution >= 0.6 is 0 Å². The number of rotatable bonds is 6. The number of benzene rings is 2. The molecule has 0 atom stereocenters. The van der Waals surface area contributed by atoms with Crippen LogP contribution in [0.3, 0.4) is 0 Å². The van der Waals surface area contributed by atoms with Gasteiger partial charge < -0.3 is 14.2 Å². The SMILES string of the molecule is COC(=O)c1c(-c2cccc(OC(F)F)c2)nn(-c2ccccc2)c1C(=O)OC. The molecule has 0 aliphatic rings. The average molecular weight is 402 g/mol. The molecule has 1 aromatic heterocycles. The molecule has 7 nitrogen and oxygen atoms in total. The Morgan fingerprint density at radius 3 is 2.28 bits per heavy atom. The highest BCUT2D eigenvalue weighted by Gasteiger charge is 2.31. The molecule has 3 aromatic rings. The van der Waals surface area contributed by atoms with E-state index in [2.05, 4.69) is 9.84 Å². The summed E-state index contributed by atoms with van der Waals surface area (Å²) >= 11 is 0. The number of hydrogen-bond acceptors (Lipinski definition) is 6. The molecular formula is C20H16F2N2O5. The summed E-state index contributed by atoms with van der Waals surface area (Å²) in [6.45, 7) is -3.02. The molecule has 0 saturated heterocycles. The van der Waals surface area contributed by atoms with Gasteiger partial charge in [0.05, 0.1) is 19.9 Å². The summed E-state index contributed by atoms with van der Waals surface area (Å²) in [5, 5.41) is 4.38. The summed E-state index contributed by atoms with van der Waals surface area (Å²) in [7, 11) is 2.33. The van der Waals surface area contributed by atoms with Gasteiger partial charge in [-0.1, -0.05) is 30.3 Å². The van der Waals surface area contributed by atoms with E-state index >= 15 is 0 Å². The van der Waals surface area contributed by atoms with Gasteiger partial charge in [-0.3, -0.25) is 0 Å². The third kappa shape index (κ3) is 4.08. The number of methoxy groups -OCH3 is 2. The number of esters is 2. The van der Waals surface area contributed by atoms with Crippen LogP contribution in [0.25, 0.3) is 16.9 Å². The molecule has 0 radical (unpaired) electrons. The van der Waals surface area contributed by atoms with E-state index in [-0.39, 0.29) is 28.3 Å². The normalized spacial score (nSPS) is 10.7. The number of alkyl halides is 2. The summed E-state index contributed by atoms with van der Waals surface area (Å²) in [4.78, 5) is 25.0. The fourth-order valence-corrected chi connectivity index (χ4v) is 2.78. The van der Waals surface area contributed by atoms with Crippen LogP contribution in [-0.4, -0.2) is 42.6 Å². The van der Waals surface area contributed by atoms with Crippen LogP contribution in [0.5, 0.6) is 5.75 Å². The molecule has 150 valence electrons. The average Bonchev–Trinajstić information content (AvgIpc) is 3.13. The molecule has 0 bridgehead atoms. The van der Waals surface area contributed by atoms with Crippen molar-refractivity contribution in [2.75, 3.05) is 14.2 Å². The molecule has 0 unspecified atom stereocenters. The summed E-state index contributed by atoms with van der Waals surface area (Å²) in [6, 6.07) is 14.2. The Labute approximate surface area is 164 Å². The maximum absolute atomic E-state index is 12.6. The van der Waals surface area contributed by atoms with Gasteiger partial charge >= 0.3 is 18.6 Å². The number of aromatic nitrogens is 2. The van der Waals surface area contributed by atoms with Gasteiger partial charge in [-0.15, -0.1) is 0 Å². The molecule has 0 saturated carbocycles. The number of carbonyl (C=O) groups excluding carboxylic acids is 2. The maximum Gasteiger partial charge on any atom is 0.387 e. The van der Waals surface area contributed by atoms with Gasteiger partial charge in [0, 0.05) is 5.56 Å². The first-order valence-corrected chi connectivity index (χ1v) is 8.36. The van der Waals surface area contributed by atoms with Gasteiger partial charge in [0.2, 0.25) is 0 Å². The molecule has 1 heterocycles. The van der Waals surface area contributed by atoms with Gasteiger partial charge in [0.25, 0.3) is 0 Å². The zero-order valence-electron chi connectivity index (χ0n) is 15.5. The number of hydrogen-bond donors (Lipinski definition) is 0. The fraction of sp³-hybridized carbons (Fsp3) is 0.150. The third-order valence-corrected chi connectivity index (χ3v) is 3.99. The first-order valence-electron chi connectivity index (χ1n) is 8.36. The highest BCUT2D eigenvalue weighted by atomic mass is 19.3. The van der Waals surface area contributed by atoms with Crippen LogP contribution in [0, 0.1) is 0 Å². The predicted octanol–water partition coefficient (Wildman–Crippen LogP) is 3.71. The van der Waals surface area contributed by atoms with E-state index in [1.54, 1.807) is 36.4 Å². The maximum atomic E-state index is 12.6. The van der Waals surface area contributed by atoms with Gasteiger partial charge in [0.15, 0.2) is 5.69 Å². The lowest BCUT2D eigenvalue weighted by atomic mass is 10.1. The quantitative estimate of drug-likeness (QED) is 0.585. The molecule has 0 fully saturated rings. The molecule has 9 heteroatoms. The van der Waals surface area contributed by atoms with Crippen LogP contribution in [0.4, 0.5) is 8.78 Å². The zero-order valence-corrected chi connectivity index (χ0v) is 15.5. The van der Waals surface area contributed by atoms with Crippen molar-refractivity contribution in [3.05, 3.63) is 65.9 Å². The van der Waals surface area contributed by atoms with Crippen LogP contribution < -0.4 is 4.74 Å². The Morgan fingerprint density at radius 2 is 1.66 bits per heavy atom. The number of halogens is 2. The minimum atomic E-state index is -3.02. The van der Waals surface area contributed by atoms with E-state index in [0.717, 1.165) is 7.11 Å². The van der Waals surface area contributed by atoms with Crippen LogP contribution in [0.2, 0.25) is 0 Å². The predicted molar refractivity (Wildman–Crippen MR) is 98.3 cm³/mol. The van der Waals surface area contributed by atoms with Crippen molar-refractivity contribution in [3.63, 3.8) is 0 Å². The molecular weight excluding hydrogens is 386 g/mol.